The Kier molecular flexibility index (Phi) is 7.69. The third kappa shape index (κ3) is 5.82. The van der Waals surface area contributed by atoms with Crippen molar-refractivity contribution in [2.75, 3.05) is 6.54 Å². The lowest BCUT2D eigenvalue weighted by Gasteiger charge is -2.46. The molecule has 0 unspecified atom stereocenters. The summed E-state index contributed by atoms with van der Waals surface area (Å²) in [6.45, 7) is 9.10. The largest absolute Gasteiger partial charge is 0.353 e. The van der Waals surface area contributed by atoms with Gasteiger partial charge in [-0.1, -0.05) is 18.6 Å². The van der Waals surface area contributed by atoms with Gasteiger partial charge in [0.1, 0.15) is 0 Å². The van der Waals surface area contributed by atoms with Gasteiger partial charge in [-0.05, 0) is 65.5 Å². The van der Waals surface area contributed by atoms with E-state index in [0.717, 1.165) is 25.7 Å². The molecule has 1 aromatic rings. The minimum Gasteiger partial charge on any atom is -0.353 e. The lowest BCUT2D eigenvalue weighted by Crippen LogP contribution is -2.62. The molecule has 1 fully saturated rings. The lowest BCUT2D eigenvalue weighted by atomic mass is 9.79. The number of unbranched alkanes of at least 4 members (excludes halogenated alkanes) is 2. The van der Waals surface area contributed by atoms with E-state index in [2.05, 4.69) is 38.3 Å². The number of amides is 3. The first-order valence-electron chi connectivity index (χ1n) is 10.6. The molecule has 6 nitrogen and oxygen atoms in total. The van der Waals surface area contributed by atoms with E-state index in [9.17, 15) is 14.4 Å². The molecule has 166 valence electrons. The second kappa shape index (κ2) is 9.48. The molecule has 0 bridgehead atoms. The minimum absolute atomic E-state index is 0. The Hall–Kier alpha value is -1.92. The van der Waals surface area contributed by atoms with Gasteiger partial charge in [0.15, 0.2) is 0 Å². The molecule has 0 atom stereocenters. The fourth-order valence-corrected chi connectivity index (χ4v) is 4.90. The van der Waals surface area contributed by atoms with Gasteiger partial charge in [0.25, 0.3) is 11.8 Å². The SMILES string of the molecule is CC1(C)CC(NC(=O)CCCCCN2C(=O)c3ccccc3C2=O)CC(C)(C)N1.Cl. The van der Waals surface area contributed by atoms with E-state index in [4.69, 9.17) is 0 Å². The second-order valence-corrected chi connectivity index (χ2v) is 9.68. The molecule has 1 saturated heterocycles. The molecule has 0 aromatic heterocycles. The summed E-state index contributed by atoms with van der Waals surface area (Å²) in [4.78, 5) is 38.4. The zero-order valence-electron chi connectivity index (χ0n) is 18.4. The Morgan fingerprint density at radius 2 is 1.53 bits per heavy atom. The van der Waals surface area contributed by atoms with E-state index in [1.165, 1.54) is 4.90 Å². The Labute approximate surface area is 185 Å². The average Bonchev–Trinajstić information content (AvgIpc) is 2.83. The number of hydrogen-bond donors (Lipinski definition) is 2. The van der Waals surface area contributed by atoms with E-state index in [1.807, 2.05) is 0 Å². The Balaban J connectivity index is 0.00000320. The topological polar surface area (TPSA) is 78.5 Å². The van der Waals surface area contributed by atoms with Crippen molar-refractivity contribution in [3.63, 3.8) is 0 Å². The van der Waals surface area contributed by atoms with Gasteiger partial charge in [0.05, 0.1) is 11.1 Å². The smallest absolute Gasteiger partial charge is 0.261 e. The molecule has 30 heavy (non-hydrogen) atoms. The molecule has 1 aromatic carbocycles. The van der Waals surface area contributed by atoms with Crippen LogP contribution in [-0.2, 0) is 4.79 Å². The van der Waals surface area contributed by atoms with E-state index in [1.54, 1.807) is 24.3 Å². The summed E-state index contributed by atoms with van der Waals surface area (Å²) in [5.74, 6) is -0.330. The highest BCUT2D eigenvalue weighted by molar-refractivity contribution is 6.21. The molecular formula is C23H34ClN3O3. The van der Waals surface area contributed by atoms with Crippen LogP contribution in [0.3, 0.4) is 0 Å². The number of benzene rings is 1. The molecule has 3 rings (SSSR count). The standard InChI is InChI=1S/C23H33N3O3.ClH/c1-22(2)14-16(15-23(3,4)25-22)24-19(27)12-6-5-9-13-26-20(28)17-10-7-8-11-18(17)21(26)29;/h7-8,10-11,16,25H,5-6,9,12-15H2,1-4H3,(H,24,27);1H. The van der Waals surface area contributed by atoms with Crippen LogP contribution in [0.4, 0.5) is 0 Å². The Morgan fingerprint density at radius 3 is 2.07 bits per heavy atom. The summed E-state index contributed by atoms with van der Waals surface area (Å²) in [5, 5.41) is 6.82. The third-order valence-corrected chi connectivity index (χ3v) is 5.72. The molecule has 7 heteroatoms. The number of carbonyl (C=O) groups excluding carboxylic acids is 3. The van der Waals surface area contributed by atoms with Gasteiger partial charge in [-0.25, -0.2) is 0 Å². The van der Waals surface area contributed by atoms with Crippen LogP contribution in [0.15, 0.2) is 24.3 Å². The number of fused-ring (bicyclic) bond motifs is 1. The van der Waals surface area contributed by atoms with E-state index in [0.29, 0.717) is 30.5 Å². The van der Waals surface area contributed by atoms with Crippen LogP contribution in [0, 0.1) is 0 Å². The van der Waals surface area contributed by atoms with Crippen molar-refractivity contribution in [1.29, 1.82) is 0 Å². The maximum Gasteiger partial charge on any atom is 0.261 e. The summed E-state index contributed by atoms with van der Waals surface area (Å²) in [7, 11) is 0. The van der Waals surface area contributed by atoms with Gasteiger partial charge in [0, 0.05) is 30.1 Å². The van der Waals surface area contributed by atoms with Gasteiger partial charge in [-0.15, -0.1) is 12.4 Å². The Bertz CT molecular complexity index is 756. The molecule has 2 N–H and O–H groups in total. The van der Waals surface area contributed by atoms with Crippen LogP contribution in [0.1, 0.15) is 86.9 Å². The number of halogens is 1. The molecule has 0 aliphatic carbocycles. The zero-order valence-corrected chi connectivity index (χ0v) is 19.2. The van der Waals surface area contributed by atoms with Gasteiger partial charge in [-0.2, -0.15) is 0 Å². The first-order chi connectivity index (χ1) is 13.6. The maximum atomic E-state index is 12.4. The van der Waals surface area contributed by atoms with Crippen molar-refractivity contribution in [2.24, 2.45) is 0 Å². The predicted molar refractivity (Wildman–Crippen MR) is 120 cm³/mol. The fraction of sp³-hybridized carbons (Fsp3) is 0.609. The fourth-order valence-electron chi connectivity index (χ4n) is 4.90. The first kappa shape index (κ1) is 24.4. The summed E-state index contributed by atoms with van der Waals surface area (Å²) in [6, 6.07) is 7.13. The van der Waals surface area contributed by atoms with Crippen molar-refractivity contribution < 1.29 is 14.4 Å². The summed E-state index contributed by atoms with van der Waals surface area (Å²) >= 11 is 0. The van der Waals surface area contributed by atoms with Crippen molar-refractivity contribution in [3.05, 3.63) is 35.4 Å². The number of piperidine rings is 1. The molecule has 3 amide bonds. The van der Waals surface area contributed by atoms with E-state index in [-0.39, 0.29) is 47.2 Å². The van der Waals surface area contributed by atoms with E-state index < -0.39 is 0 Å². The van der Waals surface area contributed by atoms with Crippen LogP contribution >= 0.6 is 12.4 Å². The molecule has 2 heterocycles. The van der Waals surface area contributed by atoms with Crippen LogP contribution in [0.25, 0.3) is 0 Å². The quantitative estimate of drug-likeness (QED) is 0.505. The van der Waals surface area contributed by atoms with E-state index >= 15 is 0 Å². The highest BCUT2D eigenvalue weighted by Gasteiger charge is 2.38. The number of hydrogen-bond acceptors (Lipinski definition) is 4. The summed E-state index contributed by atoms with van der Waals surface area (Å²) < 4.78 is 0. The van der Waals surface area contributed by atoms with Crippen molar-refractivity contribution >= 4 is 30.1 Å². The Morgan fingerprint density at radius 1 is 1.00 bits per heavy atom. The average molecular weight is 436 g/mol. The van der Waals surface area contributed by atoms with Crippen molar-refractivity contribution in [2.45, 2.75) is 83.3 Å². The first-order valence-corrected chi connectivity index (χ1v) is 10.6. The van der Waals surface area contributed by atoms with Crippen LogP contribution in [-0.4, -0.2) is 46.3 Å². The molecule has 0 spiro atoms. The predicted octanol–water partition coefficient (Wildman–Crippen LogP) is 3.69. The van der Waals surface area contributed by atoms with Crippen molar-refractivity contribution in [1.82, 2.24) is 15.5 Å². The number of carbonyl (C=O) groups is 3. The van der Waals surface area contributed by atoms with Crippen LogP contribution < -0.4 is 10.6 Å². The molecule has 2 aliphatic heterocycles. The van der Waals surface area contributed by atoms with Gasteiger partial charge < -0.3 is 10.6 Å². The van der Waals surface area contributed by atoms with Gasteiger partial charge >= 0.3 is 0 Å². The number of rotatable bonds is 7. The number of imide groups is 1. The van der Waals surface area contributed by atoms with Crippen molar-refractivity contribution in [3.8, 4) is 0 Å². The number of nitrogens with zero attached hydrogens (tertiary/aromatic N) is 1. The molecule has 2 aliphatic rings. The second-order valence-electron chi connectivity index (χ2n) is 9.68. The molecule has 0 saturated carbocycles. The summed E-state index contributed by atoms with van der Waals surface area (Å²) in [5.41, 5.74) is 0.993. The van der Waals surface area contributed by atoms with Crippen LogP contribution in [0.2, 0.25) is 0 Å². The molecular weight excluding hydrogens is 402 g/mol. The lowest BCUT2D eigenvalue weighted by molar-refractivity contribution is -0.122. The maximum absolute atomic E-state index is 12.4. The highest BCUT2D eigenvalue weighted by atomic mass is 35.5. The summed E-state index contributed by atoms with van der Waals surface area (Å²) in [6.07, 6.45) is 4.60. The van der Waals surface area contributed by atoms with Gasteiger partial charge in [-0.3, -0.25) is 19.3 Å². The van der Waals surface area contributed by atoms with Crippen LogP contribution in [0.5, 0.6) is 0 Å². The number of nitrogens with one attached hydrogen (secondary N) is 2. The molecule has 0 radical (unpaired) electrons. The normalized spacial score (nSPS) is 19.9. The third-order valence-electron chi connectivity index (χ3n) is 5.72. The highest BCUT2D eigenvalue weighted by Crippen LogP contribution is 2.28. The monoisotopic (exact) mass is 435 g/mol. The zero-order chi connectivity index (χ0) is 21.2. The van der Waals surface area contributed by atoms with Gasteiger partial charge in [0.2, 0.25) is 5.91 Å². The minimum atomic E-state index is -0.209.